The van der Waals surface area contributed by atoms with Gasteiger partial charge < -0.3 is 15.0 Å². The van der Waals surface area contributed by atoms with Crippen molar-refractivity contribution >= 4 is 34.8 Å². The molecule has 196 valence electrons. The van der Waals surface area contributed by atoms with Crippen molar-refractivity contribution in [3.05, 3.63) is 53.4 Å². The molecule has 0 saturated carbocycles. The van der Waals surface area contributed by atoms with Gasteiger partial charge in [0, 0.05) is 49.3 Å². The zero-order valence-corrected chi connectivity index (χ0v) is 23.0. The van der Waals surface area contributed by atoms with Gasteiger partial charge in [-0.15, -0.1) is 0 Å². The lowest BCUT2D eigenvalue weighted by Crippen LogP contribution is -2.34. The summed E-state index contributed by atoms with van der Waals surface area (Å²) in [7, 11) is 5.85. The van der Waals surface area contributed by atoms with E-state index >= 15 is 0 Å². The molecule has 2 aromatic heterocycles. The first-order chi connectivity index (χ1) is 17.8. The van der Waals surface area contributed by atoms with Gasteiger partial charge in [-0.1, -0.05) is 18.2 Å². The van der Waals surface area contributed by atoms with Crippen molar-refractivity contribution in [2.75, 3.05) is 52.7 Å². The number of methoxy groups -OCH3 is 1. The third kappa shape index (κ3) is 7.41. The first-order valence-corrected chi connectivity index (χ1v) is 13.2. The normalized spacial score (nSPS) is 14.1. The van der Waals surface area contributed by atoms with Crippen LogP contribution in [0.2, 0.25) is 0 Å². The third-order valence-corrected chi connectivity index (χ3v) is 6.92. The minimum Gasteiger partial charge on any atom is -0.491 e. The maximum absolute atomic E-state index is 11.5. The van der Waals surface area contributed by atoms with Crippen LogP contribution in [0.15, 0.2) is 46.5 Å². The first kappa shape index (κ1) is 26.8. The van der Waals surface area contributed by atoms with Gasteiger partial charge in [-0.2, -0.15) is 5.10 Å². The molecule has 2 N–H and O–H groups in total. The van der Waals surface area contributed by atoms with E-state index in [0.29, 0.717) is 29.0 Å². The number of benzene rings is 1. The maximum Gasteiger partial charge on any atom is 0.195 e. The smallest absolute Gasteiger partial charge is 0.195 e. The number of hydrogen-bond acceptors (Lipinski definition) is 9. The van der Waals surface area contributed by atoms with E-state index < -0.39 is 0 Å². The summed E-state index contributed by atoms with van der Waals surface area (Å²) in [6.45, 7) is 7.46. The first-order valence-electron chi connectivity index (χ1n) is 12.4. The Labute approximate surface area is 222 Å². The number of aryl methyl sites for hydroxylation is 1. The SMILES string of the molecule is COc1c(Nc2cc(C)[nH]n2)nc(Sc2ccc(CC(C)=O)cc2)nc1C1=CCN(CCN(C)C)CC1. The average Bonchev–Trinajstić information content (AvgIpc) is 3.28. The Balaban J connectivity index is 1.64. The number of Topliss-reactive ketones (excluding diaryl/α,β-unsaturated/α-hetero) is 1. The molecule has 4 rings (SSSR count). The molecule has 10 heteroatoms. The molecule has 1 aliphatic heterocycles. The molecule has 1 aliphatic rings. The van der Waals surface area contributed by atoms with Crippen LogP contribution in [0, 0.1) is 6.92 Å². The van der Waals surface area contributed by atoms with E-state index in [0.717, 1.165) is 60.0 Å². The average molecular weight is 522 g/mol. The van der Waals surface area contributed by atoms with Gasteiger partial charge in [0.2, 0.25) is 0 Å². The fourth-order valence-electron chi connectivity index (χ4n) is 4.11. The lowest BCUT2D eigenvalue weighted by molar-refractivity contribution is -0.116. The van der Waals surface area contributed by atoms with E-state index in [1.54, 1.807) is 14.0 Å². The second kappa shape index (κ2) is 12.4. The summed E-state index contributed by atoms with van der Waals surface area (Å²) in [5, 5.41) is 11.2. The highest BCUT2D eigenvalue weighted by molar-refractivity contribution is 7.99. The number of H-pyrrole nitrogens is 1. The zero-order chi connectivity index (χ0) is 26.4. The molecule has 0 fully saturated rings. The second-order valence-corrected chi connectivity index (χ2v) is 10.5. The predicted octanol–water partition coefficient (Wildman–Crippen LogP) is 4.19. The molecule has 3 heterocycles. The van der Waals surface area contributed by atoms with Gasteiger partial charge in [0.25, 0.3) is 0 Å². The highest BCUT2D eigenvalue weighted by Gasteiger charge is 2.22. The Bertz CT molecular complexity index is 1250. The largest absolute Gasteiger partial charge is 0.491 e. The lowest BCUT2D eigenvalue weighted by atomic mass is 10.0. The number of rotatable bonds is 11. The molecule has 0 amide bonds. The number of nitrogens with zero attached hydrogens (tertiary/aromatic N) is 5. The number of ketones is 1. The molecule has 0 atom stereocenters. The summed E-state index contributed by atoms with van der Waals surface area (Å²) in [5.74, 6) is 1.99. The van der Waals surface area contributed by atoms with Crippen LogP contribution >= 0.6 is 11.8 Å². The fraction of sp³-hybridized carbons (Fsp3) is 0.407. The molecular weight excluding hydrogens is 486 g/mol. The van der Waals surface area contributed by atoms with Gasteiger partial charge in [0.1, 0.15) is 11.5 Å². The molecule has 0 unspecified atom stereocenters. The van der Waals surface area contributed by atoms with E-state index in [2.05, 4.69) is 45.5 Å². The Hall–Kier alpha value is -3.21. The van der Waals surface area contributed by atoms with Crippen molar-refractivity contribution in [3.63, 3.8) is 0 Å². The van der Waals surface area contributed by atoms with Gasteiger partial charge in [0.05, 0.1) is 7.11 Å². The summed E-state index contributed by atoms with van der Waals surface area (Å²) >= 11 is 1.48. The number of ether oxygens (including phenoxy) is 1. The highest BCUT2D eigenvalue weighted by Crippen LogP contribution is 2.38. The molecule has 0 spiro atoms. The molecule has 37 heavy (non-hydrogen) atoms. The van der Waals surface area contributed by atoms with Gasteiger partial charge >= 0.3 is 0 Å². The minimum absolute atomic E-state index is 0.147. The summed E-state index contributed by atoms with van der Waals surface area (Å²) in [4.78, 5) is 26.8. The molecule has 0 saturated heterocycles. The van der Waals surface area contributed by atoms with Crippen LogP contribution in [0.25, 0.3) is 5.57 Å². The summed E-state index contributed by atoms with van der Waals surface area (Å²) in [6.07, 6.45) is 3.56. The number of anilines is 2. The third-order valence-electron chi connectivity index (χ3n) is 6.05. The minimum atomic E-state index is 0.147. The van der Waals surface area contributed by atoms with E-state index in [1.165, 1.54) is 11.8 Å². The number of nitrogens with one attached hydrogen (secondary N) is 2. The number of carbonyl (C=O) groups excluding carboxylic acids is 1. The standard InChI is InChI=1S/C27H35N7O2S/c1-18-16-23(32-31-18)28-26-25(36-5)24(21-10-12-34(13-11-21)15-14-33(3)4)29-27(30-26)37-22-8-6-20(7-9-22)17-19(2)35/h6-10,16H,11-15,17H2,1-5H3,(H2,28,29,30,31,32). The van der Waals surface area contributed by atoms with Crippen molar-refractivity contribution < 1.29 is 9.53 Å². The second-order valence-electron chi connectivity index (χ2n) is 9.51. The van der Waals surface area contributed by atoms with Crippen LogP contribution in [-0.4, -0.2) is 83.1 Å². The maximum atomic E-state index is 11.5. The predicted molar refractivity (Wildman–Crippen MR) is 148 cm³/mol. The Morgan fingerprint density at radius 3 is 2.62 bits per heavy atom. The van der Waals surface area contributed by atoms with Crippen molar-refractivity contribution in [3.8, 4) is 5.75 Å². The topological polar surface area (TPSA) is 99.3 Å². The Morgan fingerprint density at radius 2 is 2.03 bits per heavy atom. The van der Waals surface area contributed by atoms with Gasteiger partial charge in [0.15, 0.2) is 22.5 Å². The fourth-order valence-corrected chi connectivity index (χ4v) is 4.87. The monoisotopic (exact) mass is 521 g/mol. The molecule has 9 nitrogen and oxygen atoms in total. The summed E-state index contributed by atoms with van der Waals surface area (Å²) in [5.41, 5.74) is 3.90. The Kier molecular flexibility index (Phi) is 8.96. The number of carbonyl (C=O) groups is 1. The molecule has 1 aromatic carbocycles. The van der Waals surface area contributed by atoms with Crippen LogP contribution in [0.3, 0.4) is 0 Å². The summed E-state index contributed by atoms with van der Waals surface area (Å²) in [6, 6.07) is 9.88. The van der Waals surface area contributed by atoms with E-state index in [9.17, 15) is 4.79 Å². The van der Waals surface area contributed by atoms with Gasteiger partial charge in [-0.25, -0.2) is 9.97 Å². The van der Waals surface area contributed by atoms with Crippen molar-refractivity contribution in [2.45, 2.75) is 36.7 Å². The number of aromatic amines is 1. The highest BCUT2D eigenvalue weighted by atomic mass is 32.2. The van der Waals surface area contributed by atoms with Crippen LogP contribution in [-0.2, 0) is 11.2 Å². The van der Waals surface area contributed by atoms with Crippen molar-refractivity contribution in [1.29, 1.82) is 0 Å². The summed E-state index contributed by atoms with van der Waals surface area (Å²) < 4.78 is 5.84. The zero-order valence-electron chi connectivity index (χ0n) is 22.2. The van der Waals surface area contributed by atoms with E-state index in [4.69, 9.17) is 14.7 Å². The van der Waals surface area contributed by atoms with Gasteiger partial charge in [-0.05, 0) is 69.4 Å². The van der Waals surface area contributed by atoms with Crippen LogP contribution < -0.4 is 10.1 Å². The van der Waals surface area contributed by atoms with E-state index in [-0.39, 0.29) is 5.78 Å². The van der Waals surface area contributed by atoms with Crippen molar-refractivity contribution in [1.82, 2.24) is 30.0 Å². The molecular formula is C27H35N7O2S. The number of likely N-dealkylation sites (N-methyl/N-ethyl adjacent to an activating group) is 1. The van der Waals surface area contributed by atoms with E-state index in [1.807, 2.05) is 37.3 Å². The molecule has 0 aliphatic carbocycles. The molecule has 0 radical (unpaired) electrons. The number of hydrogen-bond donors (Lipinski definition) is 2. The Morgan fingerprint density at radius 1 is 1.24 bits per heavy atom. The van der Waals surface area contributed by atoms with Gasteiger partial charge in [-0.3, -0.25) is 14.8 Å². The van der Waals surface area contributed by atoms with Crippen LogP contribution in [0.1, 0.15) is 30.3 Å². The number of aromatic nitrogens is 4. The lowest BCUT2D eigenvalue weighted by Gasteiger charge is -2.28. The van der Waals surface area contributed by atoms with Crippen LogP contribution in [0.5, 0.6) is 5.75 Å². The van der Waals surface area contributed by atoms with Crippen molar-refractivity contribution in [2.24, 2.45) is 0 Å². The van der Waals surface area contributed by atoms with Crippen LogP contribution in [0.4, 0.5) is 11.6 Å². The molecule has 3 aromatic rings. The quantitative estimate of drug-likeness (QED) is 0.360. The molecule has 0 bridgehead atoms.